The minimum Gasteiger partial charge on any atom is -0.475 e. The van der Waals surface area contributed by atoms with Crippen LogP contribution in [-0.2, 0) is 11.3 Å². The van der Waals surface area contributed by atoms with Gasteiger partial charge in [0.25, 0.3) is 0 Å². The zero-order chi connectivity index (χ0) is 22.6. The highest BCUT2D eigenvalue weighted by Gasteiger charge is 2.38. The Kier molecular flexibility index (Phi) is 7.16. The molecule has 3 heterocycles. The quantitative estimate of drug-likeness (QED) is 0.565. The molecule has 7 nitrogen and oxygen atoms in total. The Morgan fingerprint density at radius 3 is 2.45 bits per heavy atom. The number of fused-ring (bicyclic) bond motifs is 1. The Morgan fingerprint density at radius 1 is 1.19 bits per heavy atom. The van der Waals surface area contributed by atoms with E-state index >= 15 is 0 Å². The molecule has 1 fully saturated rings. The Balaban J connectivity index is 0.000000339. The van der Waals surface area contributed by atoms with Crippen molar-refractivity contribution in [2.45, 2.75) is 31.5 Å². The number of benzene rings is 1. The zero-order valence-electron chi connectivity index (χ0n) is 16.4. The molecule has 3 aromatic rings. The van der Waals surface area contributed by atoms with E-state index in [-0.39, 0.29) is 0 Å². The van der Waals surface area contributed by atoms with E-state index < -0.39 is 12.1 Å². The molecule has 0 saturated carbocycles. The van der Waals surface area contributed by atoms with Gasteiger partial charge in [0.15, 0.2) is 5.65 Å². The minimum atomic E-state index is -5.08. The minimum absolute atomic E-state index is 0.588. The highest BCUT2D eigenvalue weighted by molar-refractivity contribution is 9.10. The normalized spacial score (nSPS) is 14.9. The van der Waals surface area contributed by atoms with Gasteiger partial charge in [0.1, 0.15) is 10.4 Å². The Bertz CT molecular complexity index is 1050. The lowest BCUT2D eigenvalue weighted by Gasteiger charge is -2.33. The first-order chi connectivity index (χ1) is 14.7. The van der Waals surface area contributed by atoms with Crippen molar-refractivity contribution in [1.82, 2.24) is 14.6 Å². The van der Waals surface area contributed by atoms with Crippen LogP contribution in [0.2, 0.25) is 0 Å². The average Bonchev–Trinajstić information content (AvgIpc) is 3.14. The number of hydrogen-bond acceptors (Lipinski definition) is 5. The van der Waals surface area contributed by atoms with Gasteiger partial charge in [0, 0.05) is 19.6 Å². The van der Waals surface area contributed by atoms with Crippen molar-refractivity contribution in [3.8, 4) is 0 Å². The third-order valence-corrected chi connectivity index (χ3v) is 5.62. The lowest BCUT2D eigenvalue weighted by molar-refractivity contribution is -0.192. The number of imidazole rings is 1. The maximum absolute atomic E-state index is 10.6. The predicted molar refractivity (Wildman–Crippen MR) is 113 cm³/mol. The predicted octanol–water partition coefficient (Wildman–Crippen LogP) is 3.97. The van der Waals surface area contributed by atoms with Crippen LogP contribution in [0.3, 0.4) is 0 Å². The number of carbonyl (C=O) groups is 1. The lowest BCUT2D eigenvalue weighted by Crippen LogP contribution is -2.34. The van der Waals surface area contributed by atoms with Crippen LogP contribution in [0.1, 0.15) is 29.9 Å². The van der Waals surface area contributed by atoms with Gasteiger partial charge >= 0.3 is 12.1 Å². The van der Waals surface area contributed by atoms with Gasteiger partial charge in [-0.2, -0.15) is 13.2 Å². The van der Waals surface area contributed by atoms with Crippen molar-refractivity contribution in [2.24, 2.45) is 5.73 Å². The van der Waals surface area contributed by atoms with Crippen molar-refractivity contribution in [3.05, 3.63) is 58.3 Å². The lowest BCUT2D eigenvalue weighted by atomic mass is 9.86. The van der Waals surface area contributed by atoms with Gasteiger partial charge in [-0.3, -0.25) is 0 Å². The van der Waals surface area contributed by atoms with E-state index in [9.17, 15) is 13.2 Å². The van der Waals surface area contributed by atoms with E-state index in [0.717, 1.165) is 42.0 Å². The summed E-state index contributed by atoms with van der Waals surface area (Å²) in [6, 6.07) is 12.6. The van der Waals surface area contributed by atoms with E-state index in [1.165, 1.54) is 11.1 Å². The Hall–Kier alpha value is -2.66. The molecule has 0 spiro atoms. The first-order valence-electron chi connectivity index (χ1n) is 9.54. The van der Waals surface area contributed by atoms with Gasteiger partial charge in [-0.05, 0) is 57.9 Å². The van der Waals surface area contributed by atoms with Gasteiger partial charge < -0.3 is 15.7 Å². The largest absolute Gasteiger partial charge is 0.490 e. The summed E-state index contributed by atoms with van der Waals surface area (Å²) in [4.78, 5) is 15.5. The van der Waals surface area contributed by atoms with Crippen molar-refractivity contribution in [2.75, 3.05) is 18.0 Å². The number of carboxylic acids is 1. The van der Waals surface area contributed by atoms with Gasteiger partial charge in [-0.25, -0.2) is 14.3 Å². The molecule has 3 N–H and O–H groups in total. The van der Waals surface area contributed by atoms with Crippen LogP contribution in [0.15, 0.2) is 47.2 Å². The van der Waals surface area contributed by atoms with Gasteiger partial charge in [0.2, 0.25) is 0 Å². The van der Waals surface area contributed by atoms with Crippen LogP contribution < -0.4 is 10.6 Å². The highest BCUT2D eigenvalue weighted by atomic mass is 79.9. The fourth-order valence-corrected chi connectivity index (χ4v) is 3.91. The number of carboxylic acid groups (broad SMARTS) is 1. The second-order valence-electron chi connectivity index (χ2n) is 7.01. The topological polar surface area (TPSA) is 96.8 Å². The van der Waals surface area contributed by atoms with Crippen molar-refractivity contribution in [3.63, 3.8) is 0 Å². The van der Waals surface area contributed by atoms with Gasteiger partial charge in [-0.1, -0.05) is 24.3 Å². The van der Waals surface area contributed by atoms with Crippen molar-refractivity contribution < 1.29 is 23.1 Å². The molecule has 0 aliphatic carbocycles. The fourth-order valence-electron chi connectivity index (χ4n) is 3.54. The molecule has 4 rings (SSSR count). The number of piperidine rings is 1. The first kappa shape index (κ1) is 23.0. The van der Waals surface area contributed by atoms with E-state index in [2.05, 4.69) is 56.1 Å². The first-order valence-corrected chi connectivity index (χ1v) is 10.3. The van der Waals surface area contributed by atoms with Gasteiger partial charge in [-0.15, -0.1) is 5.10 Å². The molecule has 1 saturated heterocycles. The number of nitrogens with two attached hydrogens (primary N) is 1. The molecule has 0 atom stereocenters. The van der Waals surface area contributed by atoms with Gasteiger partial charge in [0.05, 0.1) is 6.20 Å². The van der Waals surface area contributed by atoms with Crippen LogP contribution in [0.4, 0.5) is 19.0 Å². The molecule has 1 aliphatic heterocycles. The number of aliphatic carboxylic acids is 1. The average molecular weight is 500 g/mol. The third kappa shape index (κ3) is 5.53. The molecule has 1 aromatic carbocycles. The number of nitrogens with zero attached hydrogens (tertiary/aromatic N) is 4. The summed E-state index contributed by atoms with van der Waals surface area (Å²) < 4.78 is 34.5. The number of rotatable bonds is 3. The zero-order valence-corrected chi connectivity index (χ0v) is 18.0. The molecule has 2 aromatic heterocycles. The molecular formula is C20H21BrF3N5O2. The third-order valence-electron chi connectivity index (χ3n) is 5.08. The maximum atomic E-state index is 10.6. The molecule has 11 heteroatoms. The Morgan fingerprint density at radius 2 is 1.84 bits per heavy atom. The van der Waals surface area contributed by atoms with Crippen LogP contribution in [0, 0.1) is 0 Å². The summed E-state index contributed by atoms with van der Waals surface area (Å²) in [6.45, 7) is 2.63. The summed E-state index contributed by atoms with van der Waals surface area (Å²) >= 11 is 3.49. The van der Waals surface area contributed by atoms with E-state index in [1.807, 2.05) is 10.6 Å². The summed E-state index contributed by atoms with van der Waals surface area (Å²) in [5, 5.41) is 11.8. The van der Waals surface area contributed by atoms with Crippen LogP contribution in [0.5, 0.6) is 0 Å². The van der Waals surface area contributed by atoms with Crippen molar-refractivity contribution >= 4 is 33.4 Å². The smallest absolute Gasteiger partial charge is 0.475 e. The second-order valence-corrected chi connectivity index (χ2v) is 7.82. The molecule has 166 valence electrons. The summed E-state index contributed by atoms with van der Waals surface area (Å²) in [5.41, 5.74) is 9.45. The van der Waals surface area contributed by atoms with E-state index in [0.29, 0.717) is 12.5 Å². The van der Waals surface area contributed by atoms with Crippen molar-refractivity contribution in [1.29, 1.82) is 0 Å². The maximum Gasteiger partial charge on any atom is 0.490 e. The summed E-state index contributed by atoms with van der Waals surface area (Å²) in [7, 11) is 0. The molecule has 0 amide bonds. The molecule has 0 unspecified atom stereocenters. The van der Waals surface area contributed by atoms with E-state index in [1.54, 1.807) is 6.20 Å². The molecule has 31 heavy (non-hydrogen) atoms. The standard InChI is InChI=1S/C18H20BrN5.C2HF3O2/c19-16-12-21-17-5-6-18(22-24(16)17)23-9-7-13(8-10-23)15-4-2-1-3-14(15)11-20;3-2(4,5)1(6)7/h1-6,12-13H,7-11,20H2;(H,6,7). The fraction of sp³-hybridized carbons (Fsp3) is 0.350. The number of aromatic nitrogens is 3. The number of halogens is 4. The number of anilines is 1. The monoisotopic (exact) mass is 499 g/mol. The summed E-state index contributed by atoms with van der Waals surface area (Å²) in [6.07, 6.45) is -1.05. The molecule has 0 radical (unpaired) electrons. The molecule has 0 bridgehead atoms. The van der Waals surface area contributed by atoms with Crippen LogP contribution >= 0.6 is 15.9 Å². The second kappa shape index (κ2) is 9.65. The number of alkyl halides is 3. The number of hydrogen-bond donors (Lipinski definition) is 2. The van der Waals surface area contributed by atoms with Crippen LogP contribution in [-0.4, -0.2) is 44.9 Å². The SMILES string of the molecule is NCc1ccccc1C1CCN(c2ccc3ncc(Br)n3n2)CC1.O=C(O)C(F)(F)F. The highest BCUT2D eigenvalue weighted by Crippen LogP contribution is 2.32. The summed E-state index contributed by atoms with van der Waals surface area (Å²) in [5.74, 6) is -1.16. The van der Waals surface area contributed by atoms with Crippen LogP contribution in [0.25, 0.3) is 5.65 Å². The molecule has 1 aliphatic rings. The molecular weight excluding hydrogens is 479 g/mol. The Labute approximate surface area is 184 Å². The van der Waals surface area contributed by atoms with E-state index in [4.69, 9.17) is 20.7 Å².